The van der Waals surface area contributed by atoms with Gasteiger partial charge in [0, 0.05) is 17.4 Å². The maximum absolute atomic E-state index is 12.1. The van der Waals surface area contributed by atoms with Crippen LogP contribution in [0.15, 0.2) is 23.0 Å². The molecule has 1 atom stereocenters. The SMILES string of the molecule is Cc1cc(C)n(C[C@H](C)NC(=O)c2ccc(C)[nH]c2=O)n1. The summed E-state index contributed by atoms with van der Waals surface area (Å²) in [6.07, 6.45) is 0. The van der Waals surface area contributed by atoms with Crippen LogP contribution in [0.3, 0.4) is 0 Å². The topological polar surface area (TPSA) is 79.8 Å². The van der Waals surface area contributed by atoms with E-state index < -0.39 is 0 Å². The number of nitrogens with zero attached hydrogens (tertiary/aromatic N) is 2. The van der Waals surface area contributed by atoms with Crippen molar-refractivity contribution in [1.29, 1.82) is 0 Å². The van der Waals surface area contributed by atoms with Crippen molar-refractivity contribution in [1.82, 2.24) is 20.1 Å². The van der Waals surface area contributed by atoms with Gasteiger partial charge in [-0.25, -0.2) is 0 Å². The molecule has 0 spiro atoms. The van der Waals surface area contributed by atoms with Gasteiger partial charge in [-0.3, -0.25) is 14.3 Å². The van der Waals surface area contributed by atoms with Gasteiger partial charge in [0.15, 0.2) is 0 Å². The van der Waals surface area contributed by atoms with E-state index in [0.717, 1.165) is 17.1 Å². The first-order valence-electron chi connectivity index (χ1n) is 6.88. The van der Waals surface area contributed by atoms with Gasteiger partial charge in [0.2, 0.25) is 0 Å². The summed E-state index contributed by atoms with van der Waals surface area (Å²) in [7, 11) is 0. The van der Waals surface area contributed by atoms with Gasteiger partial charge in [-0.2, -0.15) is 5.10 Å². The number of carbonyl (C=O) groups excluding carboxylic acids is 1. The summed E-state index contributed by atoms with van der Waals surface area (Å²) in [5.74, 6) is -0.370. The first-order chi connectivity index (χ1) is 9.86. The van der Waals surface area contributed by atoms with Gasteiger partial charge in [-0.05, 0) is 45.9 Å². The van der Waals surface area contributed by atoms with E-state index in [9.17, 15) is 9.59 Å². The molecule has 0 saturated heterocycles. The van der Waals surface area contributed by atoms with Crippen LogP contribution in [0.1, 0.15) is 34.4 Å². The molecule has 0 aromatic carbocycles. The summed E-state index contributed by atoms with van der Waals surface area (Å²) in [5, 5.41) is 7.18. The second-order valence-corrected chi connectivity index (χ2v) is 5.37. The number of hydrogen-bond acceptors (Lipinski definition) is 3. The van der Waals surface area contributed by atoms with E-state index in [1.165, 1.54) is 0 Å². The first-order valence-corrected chi connectivity index (χ1v) is 6.88. The van der Waals surface area contributed by atoms with E-state index in [0.29, 0.717) is 6.54 Å². The molecule has 2 rings (SSSR count). The zero-order chi connectivity index (χ0) is 15.6. The van der Waals surface area contributed by atoms with Crippen molar-refractivity contribution in [3.63, 3.8) is 0 Å². The lowest BCUT2D eigenvalue weighted by Crippen LogP contribution is -2.38. The standard InChI is InChI=1S/C15H20N4O2/c1-9-5-6-13(14(20)16-9)15(21)17-11(3)8-19-12(4)7-10(2)18-19/h5-7,11H,8H2,1-4H3,(H,16,20)(H,17,21)/t11-/m0/s1. The molecule has 0 saturated carbocycles. The Morgan fingerprint density at radius 3 is 2.67 bits per heavy atom. The highest BCUT2D eigenvalue weighted by Crippen LogP contribution is 2.03. The molecule has 2 heterocycles. The molecule has 1 amide bonds. The van der Waals surface area contributed by atoms with Crippen molar-refractivity contribution in [2.45, 2.75) is 40.3 Å². The highest BCUT2D eigenvalue weighted by Gasteiger charge is 2.14. The third-order valence-electron chi connectivity index (χ3n) is 3.23. The average Bonchev–Trinajstić information content (AvgIpc) is 2.67. The molecule has 0 unspecified atom stereocenters. The predicted molar refractivity (Wildman–Crippen MR) is 80.4 cm³/mol. The summed E-state index contributed by atoms with van der Waals surface area (Å²) < 4.78 is 1.85. The number of aromatic amines is 1. The van der Waals surface area contributed by atoms with Crippen molar-refractivity contribution >= 4 is 5.91 Å². The Labute approximate surface area is 123 Å². The second-order valence-electron chi connectivity index (χ2n) is 5.37. The Bertz CT molecular complexity index is 715. The van der Waals surface area contributed by atoms with Crippen LogP contribution in [-0.2, 0) is 6.54 Å². The number of carbonyl (C=O) groups is 1. The van der Waals surface area contributed by atoms with Crippen molar-refractivity contribution < 1.29 is 4.79 Å². The summed E-state index contributed by atoms with van der Waals surface area (Å²) >= 11 is 0. The van der Waals surface area contributed by atoms with Crippen LogP contribution in [0.25, 0.3) is 0 Å². The molecule has 0 fully saturated rings. The van der Waals surface area contributed by atoms with Crippen LogP contribution < -0.4 is 10.9 Å². The lowest BCUT2D eigenvalue weighted by Gasteiger charge is -2.15. The number of pyridine rings is 1. The van der Waals surface area contributed by atoms with Crippen LogP contribution in [0.5, 0.6) is 0 Å². The smallest absolute Gasteiger partial charge is 0.260 e. The van der Waals surface area contributed by atoms with E-state index >= 15 is 0 Å². The van der Waals surface area contributed by atoms with Gasteiger partial charge >= 0.3 is 0 Å². The Kier molecular flexibility index (Phi) is 4.26. The lowest BCUT2D eigenvalue weighted by molar-refractivity contribution is 0.0934. The van der Waals surface area contributed by atoms with E-state index in [-0.39, 0.29) is 23.1 Å². The minimum atomic E-state index is -0.370. The molecule has 0 bridgehead atoms. The molecule has 2 aromatic heterocycles. The maximum Gasteiger partial charge on any atom is 0.260 e. The van der Waals surface area contributed by atoms with Crippen LogP contribution in [0, 0.1) is 20.8 Å². The van der Waals surface area contributed by atoms with Crippen LogP contribution in [0.4, 0.5) is 0 Å². The highest BCUT2D eigenvalue weighted by atomic mass is 16.2. The fourth-order valence-corrected chi connectivity index (χ4v) is 2.22. The molecule has 2 aromatic rings. The molecule has 2 N–H and O–H groups in total. The van der Waals surface area contributed by atoms with Crippen molar-refractivity contribution in [2.75, 3.05) is 0 Å². The van der Waals surface area contributed by atoms with E-state index in [4.69, 9.17) is 0 Å². The van der Waals surface area contributed by atoms with Crippen molar-refractivity contribution in [3.05, 3.63) is 51.2 Å². The molecule has 21 heavy (non-hydrogen) atoms. The summed E-state index contributed by atoms with van der Waals surface area (Å²) in [6.45, 7) is 8.12. The van der Waals surface area contributed by atoms with Gasteiger partial charge in [-0.1, -0.05) is 0 Å². The molecule has 6 heteroatoms. The molecule has 0 aliphatic carbocycles. The van der Waals surface area contributed by atoms with E-state index in [1.54, 1.807) is 19.1 Å². The summed E-state index contributed by atoms with van der Waals surface area (Å²) in [4.78, 5) is 26.5. The predicted octanol–water partition coefficient (Wildman–Crippen LogP) is 1.32. The Morgan fingerprint density at radius 2 is 2.10 bits per heavy atom. The van der Waals surface area contributed by atoms with Gasteiger partial charge in [0.05, 0.1) is 12.2 Å². The Hall–Kier alpha value is -2.37. The normalized spacial score (nSPS) is 12.2. The molecular weight excluding hydrogens is 268 g/mol. The third-order valence-corrected chi connectivity index (χ3v) is 3.23. The fourth-order valence-electron chi connectivity index (χ4n) is 2.22. The molecule has 0 radical (unpaired) electrons. The maximum atomic E-state index is 12.1. The minimum Gasteiger partial charge on any atom is -0.348 e. The van der Waals surface area contributed by atoms with E-state index in [2.05, 4.69) is 15.4 Å². The first kappa shape index (κ1) is 15.0. The largest absolute Gasteiger partial charge is 0.348 e. The second kappa shape index (κ2) is 5.95. The van der Waals surface area contributed by atoms with Gasteiger partial charge in [0.25, 0.3) is 11.5 Å². The number of aromatic nitrogens is 3. The molecule has 6 nitrogen and oxygen atoms in total. The zero-order valence-electron chi connectivity index (χ0n) is 12.7. The van der Waals surface area contributed by atoms with Gasteiger partial charge in [-0.15, -0.1) is 0 Å². The Balaban J connectivity index is 2.05. The molecule has 112 valence electrons. The number of nitrogens with one attached hydrogen (secondary N) is 2. The van der Waals surface area contributed by atoms with Gasteiger partial charge < -0.3 is 10.3 Å². The molecule has 0 aliphatic rings. The number of H-pyrrole nitrogens is 1. The number of aryl methyl sites for hydroxylation is 3. The lowest BCUT2D eigenvalue weighted by atomic mass is 10.2. The minimum absolute atomic E-state index is 0.126. The van der Waals surface area contributed by atoms with E-state index in [1.807, 2.05) is 31.5 Å². The number of amides is 1. The fraction of sp³-hybridized carbons (Fsp3) is 0.400. The Morgan fingerprint density at radius 1 is 1.38 bits per heavy atom. The monoisotopic (exact) mass is 288 g/mol. The van der Waals surface area contributed by atoms with Crippen LogP contribution in [-0.4, -0.2) is 26.7 Å². The molecule has 0 aliphatic heterocycles. The molecular formula is C15H20N4O2. The highest BCUT2D eigenvalue weighted by molar-refractivity contribution is 5.93. The average molecular weight is 288 g/mol. The number of rotatable bonds is 4. The third kappa shape index (κ3) is 3.59. The number of hydrogen-bond donors (Lipinski definition) is 2. The van der Waals surface area contributed by atoms with Crippen molar-refractivity contribution in [3.8, 4) is 0 Å². The van der Waals surface area contributed by atoms with Crippen molar-refractivity contribution in [2.24, 2.45) is 0 Å². The summed E-state index contributed by atoms with van der Waals surface area (Å²) in [6, 6.07) is 5.11. The summed E-state index contributed by atoms with van der Waals surface area (Å²) in [5.41, 5.74) is 2.47. The zero-order valence-corrected chi connectivity index (χ0v) is 12.7. The van der Waals surface area contributed by atoms with Crippen LogP contribution >= 0.6 is 0 Å². The van der Waals surface area contributed by atoms with Gasteiger partial charge in [0.1, 0.15) is 5.56 Å². The quantitative estimate of drug-likeness (QED) is 0.890. The van der Waals surface area contributed by atoms with Crippen LogP contribution in [0.2, 0.25) is 0 Å².